The highest BCUT2D eigenvalue weighted by Crippen LogP contribution is 2.15. The van der Waals surface area contributed by atoms with E-state index >= 15 is 0 Å². The van der Waals surface area contributed by atoms with Crippen LogP contribution in [0.1, 0.15) is 38.7 Å². The number of sulfonamides is 2. The van der Waals surface area contributed by atoms with Crippen LogP contribution in [0.4, 0.5) is 5.69 Å². The second-order valence-electron chi connectivity index (χ2n) is 8.90. The first-order chi connectivity index (χ1) is 18.4. The van der Waals surface area contributed by atoms with Crippen molar-refractivity contribution in [2.75, 3.05) is 11.9 Å². The fourth-order valence-electron chi connectivity index (χ4n) is 3.47. The Bertz CT molecular complexity index is 1300. The fourth-order valence-corrected chi connectivity index (χ4v) is 5.22. The largest absolute Gasteiger partial charge is 0.535 e. The number of nitrogens with two attached hydrogens (primary N) is 2. The normalized spacial score (nSPS) is 12.4. The van der Waals surface area contributed by atoms with Crippen molar-refractivity contribution in [1.29, 1.82) is 0 Å². The summed E-state index contributed by atoms with van der Waals surface area (Å²) in [5, 5.41) is 11.5. The lowest BCUT2D eigenvalue weighted by Crippen LogP contribution is -2.36. The van der Waals surface area contributed by atoms with E-state index in [0.717, 1.165) is 25.5 Å². The van der Waals surface area contributed by atoms with Crippen LogP contribution in [-0.4, -0.2) is 47.4 Å². The molecule has 2 aromatic carbocycles. The molecular weight excluding hydrogens is 561 g/mol. The number of benzene rings is 2. The van der Waals surface area contributed by atoms with Crippen LogP contribution < -0.4 is 26.2 Å². The van der Waals surface area contributed by atoms with E-state index in [0.29, 0.717) is 29.3 Å². The molecule has 0 spiro atoms. The predicted octanol–water partition coefficient (Wildman–Crippen LogP) is 2.17. The Balaban J connectivity index is 1.74. The van der Waals surface area contributed by atoms with Crippen molar-refractivity contribution in [3.05, 3.63) is 54.1 Å². The van der Waals surface area contributed by atoms with Gasteiger partial charge in [-0.15, -0.1) is 0 Å². The van der Waals surface area contributed by atoms with E-state index in [9.17, 15) is 21.6 Å². The first-order valence-electron chi connectivity index (χ1n) is 12.6. The third kappa shape index (κ3) is 11.2. The summed E-state index contributed by atoms with van der Waals surface area (Å²) in [4.78, 5) is 12.0. The van der Waals surface area contributed by atoms with Crippen molar-refractivity contribution in [1.82, 2.24) is 10.0 Å². The second-order valence-corrected chi connectivity index (χ2v) is 12.6. The number of carbonyl (C=O) groups is 1. The zero-order valence-electron chi connectivity index (χ0n) is 22.1. The number of primary sulfonamides is 1. The summed E-state index contributed by atoms with van der Waals surface area (Å²) in [6, 6.07) is 11.0. The summed E-state index contributed by atoms with van der Waals surface area (Å²) in [6.45, 7) is 4.40. The Kier molecular flexibility index (Phi) is 12.8. The van der Waals surface area contributed by atoms with Crippen molar-refractivity contribution in [3.8, 4) is 0 Å². The van der Waals surface area contributed by atoms with Crippen molar-refractivity contribution < 1.29 is 26.3 Å². The van der Waals surface area contributed by atoms with E-state index < -0.39 is 26.1 Å². The van der Waals surface area contributed by atoms with E-state index in [1.165, 1.54) is 36.4 Å². The van der Waals surface area contributed by atoms with Crippen LogP contribution in [0.5, 0.6) is 0 Å². The third-order valence-corrected chi connectivity index (χ3v) is 8.46. The van der Waals surface area contributed by atoms with Crippen molar-refractivity contribution in [2.45, 2.75) is 68.1 Å². The summed E-state index contributed by atoms with van der Waals surface area (Å²) in [6.07, 6.45) is 3.53. The summed E-state index contributed by atoms with van der Waals surface area (Å²) in [5.74, 6) is -0.367. The number of anilines is 1. The molecular formula is C24H36BN5O6S3. The quantitative estimate of drug-likeness (QED) is 0.116. The zero-order valence-corrected chi connectivity index (χ0v) is 24.5. The second kappa shape index (κ2) is 15.3. The molecule has 0 amide bonds. The van der Waals surface area contributed by atoms with Crippen LogP contribution in [0.3, 0.4) is 0 Å². The summed E-state index contributed by atoms with van der Waals surface area (Å²) in [7, 11) is -7.61. The molecule has 2 aromatic rings. The molecule has 0 heterocycles. The maximum absolute atomic E-state index is 12.6. The first-order valence-corrected chi connectivity index (χ1v) is 16.0. The van der Waals surface area contributed by atoms with Crippen LogP contribution in [-0.2, 0) is 36.0 Å². The first kappa shape index (κ1) is 32.7. The van der Waals surface area contributed by atoms with Gasteiger partial charge in [-0.3, -0.25) is 4.79 Å². The molecule has 214 valence electrons. The highest BCUT2D eigenvalue weighted by molar-refractivity contribution is 7.89. The van der Waals surface area contributed by atoms with Gasteiger partial charge in [-0.25, -0.2) is 26.7 Å². The van der Waals surface area contributed by atoms with E-state index in [1.807, 2.05) is 13.8 Å². The monoisotopic (exact) mass is 597 g/mol. The van der Waals surface area contributed by atoms with Gasteiger partial charge in [0.2, 0.25) is 20.0 Å². The standard InChI is InChI=1S/C24H36BN5O6S3/c1-3-25(4-2)36-23(31)22(26)7-5-6-16-28-24(37)30-19-10-14-21(15-11-19)39(34,35)29-17-18-8-12-20(13-9-18)38(27,32)33/h8-15,22,29H,3-7,16-17,26H2,1-2H3,(H2,27,32,33)(H2,28,30,37)/t22-/m0/s1. The molecule has 1 atom stereocenters. The van der Waals surface area contributed by atoms with E-state index in [4.69, 9.17) is 27.7 Å². The molecule has 0 aliphatic carbocycles. The summed E-state index contributed by atoms with van der Waals surface area (Å²) >= 11 is 5.29. The van der Waals surface area contributed by atoms with Crippen LogP contribution in [0, 0.1) is 0 Å². The minimum Gasteiger partial charge on any atom is -0.535 e. The number of nitrogens with one attached hydrogen (secondary N) is 3. The number of carbonyl (C=O) groups excluding carboxylic acids is 1. The molecule has 0 aromatic heterocycles. The topological polar surface area (TPSA) is 183 Å². The number of unbranched alkanes of at least 4 members (excludes halogenated alkanes) is 1. The summed E-state index contributed by atoms with van der Waals surface area (Å²) < 4.78 is 55.8. The Morgan fingerprint density at radius 1 is 0.974 bits per heavy atom. The molecule has 0 saturated carbocycles. The van der Waals surface area contributed by atoms with E-state index in [-0.39, 0.29) is 29.2 Å². The molecule has 0 radical (unpaired) electrons. The number of rotatable bonds is 15. The van der Waals surface area contributed by atoms with Gasteiger partial charge in [0, 0.05) is 18.8 Å². The summed E-state index contributed by atoms with van der Waals surface area (Å²) in [5.41, 5.74) is 7.11. The lowest BCUT2D eigenvalue weighted by molar-refractivity contribution is -0.136. The molecule has 15 heteroatoms. The SMILES string of the molecule is CCB(CC)OC(=O)[C@@H](N)CCCCNC(=S)Nc1ccc(S(=O)(=O)NCc2ccc(S(N)(=O)=O)cc2)cc1. The van der Waals surface area contributed by atoms with Crippen LogP contribution in [0.25, 0.3) is 0 Å². The van der Waals surface area contributed by atoms with Gasteiger partial charge < -0.3 is 21.0 Å². The average molecular weight is 598 g/mol. The van der Waals surface area contributed by atoms with Gasteiger partial charge in [0.15, 0.2) is 5.11 Å². The van der Waals surface area contributed by atoms with Gasteiger partial charge in [0.05, 0.1) is 9.79 Å². The van der Waals surface area contributed by atoms with Crippen LogP contribution in [0.15, 0.2) is 58.3 Å². The minimum absolute atomic E-state index is 0.0225. The van der Waals surface area contributed by atoms with Crippen LogP contribution >= 0.6 is 12.2 Å². The Labute approximate surface area is 236 Å². The molecule has 0 aliphatic rings. The Hall–Kier alpha value is -2.56. The number of thiocarbonyl (C=S) groups is 1. The lowest BCUT2D eigenvalue weighted by Gasteiger charge is -2.16. The molecule has 0 unspecified atom stereocenters. The van der Waals surface area contributed by atoms with Gasteiger partial charge in [-0.2, -0.15) is 0 Å². The maximum Gasteiger partial charge on any atom is 0.361 e. The molecule has 0 saturated heterocycles. The highest BCUT2D eigenvalue weighted by atomic mass is 32.2. The number of hydrogen-bond acceptors (Lipinski definition) is 8. The minimum atomic E-state index is -3.82. The van der Waals surface area contributed by atoms with Gasteiger partial charge in [0.25, 0.3) is 0 Å². The fraction of sp³-hybridized carbons (Fsp3) is 0.417. The smallest absolute Gasteiger partial charge is 0.361 e. The lowest BCUT2D eigenvalue weighted by atomic mass is 9.62. The molecule has 0 bridgehead atoms. The predicted molar refractivity (Wildman–Crippen MR) is 157 cm³/mol. The van der Waals surface area contributed by atoms with Gasteiger partial charge in [0.1, 0.15) is 6.04 Å². The van der Waals surface area contributed by atoms with Crippen molar-refractivity contribution >= 4 is 55.9 Å². The van der Waals surface area contributed by atoms with E-state index in [1.54, 1.807) is 12.1 Å². The highest BCUT2D eigenvalue weighted by Gasteiger charge is 2.21. The molecule has 7 N–H and O–H groups in total. The molecule has 11 nitrogen and oxygen atoms in total. The van der Waals surface area contributed by atoms with Gasteiger partial charge in [-0.05, 0) is 86.1 Å². The molecule has 0 aliphatic heterocycles. The zero-order chi connectivity index (χ0) is 29.1. The third-order valence-electron chi connectivity index (χ3n) is 5.86. The van der Waals surface area contributed by atoms with Gasteiger partial charge in [-0.1, -0.05) is 26.0 Å². The number of hydrogen-bond donors (Lipinski definition) is 5. The molecule has 2 rings (SSSR count). The van der Waals surface area contributed by atoms with Gasteiger partial charge >= 0.3 is 12.9 Å². The van der Waals surface area contributed by atoms with Crippen LogP contribution in [0.2, 0.25) is 12.6 Å². The van der Waals surface area contributed by atoms with E-state index in [2.05, 4.69) is 15.4 Å². The maximum atomic E-state index is 12.6. The average Bonchev–Trinajstić information content (AvgIpc) is 2.90. The molecule has 0 fully saturated rings. The Morgan fingerprint density at radius 2 is 1.56 bits per heavy atom. The van der Waals surface area contributed by atoms with Crippen molar-refractivity contribution in [2.24, 2.45) is 10.9 Å². The Morgan fingerprint density at radius 3 is 2.13 bits per heavy atom. The molecule has 39 heavy (non-hydrogen) atoms. The van der Waals surface area contributed by atoms with Crippen molar-refractivity contribution in [3.63, 3.8) is 0 Å².